The van der Waals surface area contributed by atoms with Crippen molar-refractivity contribution in [3.63, 3.8) is 0 Å². The summed E-state index contributed by atoms with van der Waals surface area (Å²) in [7, 11) is 0. The van der Waals surface area contributed by atoms with Crippen molar-refractivity contribution in [3.8, 4) is 5.75 Å². The minimum atomic E-state index is -0.399. The number of hydrogen-bond acceptors (Lipinski definition) is 4. The van der Waals surface area contributed by atoms with Crippen molar-refractivity contribution in [2.75, 3.05) is 6.61 Å². The van der Waals surface area contributed by atoms with Crippen molar-refractivity contribution in [2.24, 2.45) is 0 Å². The van der Waals surface area contributed by atoms with Gasteiger partial charge in [0, 0.05) is 12.0 Å². The topological polar surface area (TPSA) is 93.2 Å². The highest BCUT2D eigenvalue weighted by Crippen LogP contribution is 2.35. The Morgan fingerprint density at radius 2 is 1.96 bits per heavy atom. The molecule has 0 radical (unpaired) electrons. The highest BCUT2D eigenvalue weighted by atomic mass is 16.5. The quantitative estimate of drug-likeness (QED) is 0.727. The van der Waals surface area contributed by atoms with Crippen LogP contribution in [0.3, 0.4) is 0 Å². The molecule has 0 spiro atoms. The molecule has 0 bridgehead atoms. The number of hydrogen-bond donors (Lipinski definition) is 2. The number of nitrogens with one attached hydrogen (secondary N) is 2. The van der Waals surface area contributed by atoms with E-state index in [-0.39, 0.29) is 18.5 Å². The SMILES string of the molecule is Cc1cc(C)c2c(c1)C(NC(=O)Cn1[nH]c(=O)c3ccccc3c1=O)CCO2. The van der Waals surface area contributed by atoms with Crippen molar-refractivity contribution in [1.29, 1.82) is 0 Å². The Morgan fingerprint density at radius 1 is 1.21 bits per heavy atom. The Bertz CT molecular complexity index is 1190. The van der Waals surface area contributed by atoms with Gasteiger partial charge in [-0.15, -0.1) is 0 Å². The van der Waals surface area contributed by atoms with Gasteiger partial charge in [-0.25, -0.2) is 4.68 Å². The van der Waals surface area contributed by atoms with E-state index in [1.807, 2.05) is 26.0 Å². The summed E-state index contributed by atoms with van der Waals surface area (Å²) in [6, 6.07) is 10.4. The lowest BCUT2D eigenvalue weighted by atomic mass is 9.95. The van der Waals surface area contributed by atoms with Crippen molar-refractivity contribution < 1.29 is 9.53 Å². The second-order valence-corrected chi connectivity index (χ2v) is 7.14. The number of fused-ring (bicyclic) bond motifs is 2. The van der Waals surface area contributed by atoms with Crippen LogP contribution in [0.15, 0.2) is 46.0 Å². The van der Waals surface area contributed by atoms with Crippen molar-refractivity contribution in [3.05, 3.63) is 73.8 Å². The van der Waals surface area contributed by atoms with E-state index in [0.29, 0.717) is 23.8 Å². The Labute approximate surface area is 160 Å². The summed E-state index contributed by atoms with van der Waals surface area (Å²) >= 11 is 0. The van der Waals surface area contributed by atoms with Crippen LogP contribution in [-0.4, -0.2) is 22.3 Å². The van der Waals surface area contributed by atoms with Gasteiger partial charge in [-0.1, -0.05) is 29.8 Å². The van der Waals surface area contributed by atoms with Gasteiger partial charge in [0.15, 0.2) is 0 Å². The lowest BCUT2D eigenvalue weighted by Crippen LogP contribution is -2.39. The van der Waals surface area contributed by atoms with Gasteiger partial charge in [-0.3, -0.25) is 19.5 Å². The largest absolute Gasteiger partial charge is 0.493 e. The Balaban J connectivity index is 1.60. The average Bonchev–Trinajstić information content (AvgIpc) is 2.66. The first-order valence-corrected chi connectivity index (χ1v) is 9.19. The number of aryl methyl sites for hydroxylation is 2. The summed E-state index contributed by atoms with van der Waals surface area (Å²) in [6.07, 6.45) is 0.644. The molecule has 1 aliphatic heterocycles. The van der Waals surface area contributed by atoms with Gasteiger partial charge in [0.1, 0.15) is 12.3 Å². The summed E-state index contributed by atoms with van der Waals surface area (Å²) in [5.74, 6) is 0.462. The van der Waals surface area contributed by atoms with Crippen molar-refractivity contribution in [1.82, 2.24) is 15.1 Å². The van der Waals surface area contributed by atoms with Crippen molar-refractivity contribution >= 4 is 16.7 Å². The average molecular weight is 379 g/mol. The standard InChI is InChI=1S/C21H21N3O4/c1-12-9-13(2)19-16(10-12)17(7-8-28-19)22-18(25)11-24-21(27)15-6-4-3-5-14(15)20(26)23-24/h3-6,9-10,17H,7-8,11H2,1-2H3,(H,22,25)(H,23,26). The minimum absolute atomic E-state index is 0.197. The summed E-state index contributed by atoms with van der Waals surface area (Å²) in [4.78, 5) is 37.4. The lowest BCUT2D eigenvalue weighted by molar-refractivity contribution is -0.122. The molecule has 1 aliphatic rings. The number of H-pyrrole nitrogens is 1. The third-order valence-corrected chi connectivity index (χ3v) is 5.00. The van der Waals surface area contributed by atoms with Gasteiger partial charge < -0.3 is 10.1 Å². The zero-order valence-corrected chi connectivity index (χ0v) is 15.7. The molecule has 1 atom stereocenters. The lowest BCUT2D eigenvalue weighted by Gasteiger charge is -2.28. The maximum absolute atomic E-state index is 12.6. The highest BCUT2D eigenvalue weighted by molar-refractivity contribution is 5.81. The number of ether oxygens (including phenoxy) is 1. The predicted molar refractivity (Wildman–Crippen MR) is 106 cm³/mol. The molecule has 2 aromatic carbocycles. The third kappa shape index (κ3) is 3.19. The van der Waals surface area contributed by atoms with Gasteiger partial charge in [0.25, 0.3) is 11.1 Å². The number of aromatic amines is 1. The minimum Gasteiger partial charge on any atom is -0.493 e. The molecule has 0 saturated carbocycles. The summed E-state index contributed by atoms with van der Waals surface area (Å²) in [5, 5.41) is 6.07. The maximum Gasteiger partial charge on any atom is 0.273 e. The van der Waals surface area contributed by atoms with Gasteiger partial charge >= 0.3 is 0 Å². The molecular formula is C21H21N3O4. The molecule has 1 unspecified atom stereocenters. The molecule has 7 heteroatoms. The number of carbonyl (C=O) groups excluding carboxylic acids is 1. The molecule has 144 valence electrons. The first kappa shape index (κ1) is 18.0. The molecule has 1 aromatic heterocycles. The summed E-state index contributed by atoms with van der Waals surface area (Å²) < 4.78 is 6.83. The first-order valence-electron chi connectivity index (χ1n) is 9.19. The molecule has 0 aliphatic carbocycles. The van der Waals surface area contributed by atoms with E-state index in [4.69, 9.17) is 4.74 Å². The molecule has 2 N–H and O–H groups in total. The van der Waals surface area contributed by atoms with E-state index in [2.05, 4.69) is 10.4 Å². The summed E-state index contributed by atoms with van der Waals surface area (Å²) in [6.45, 7) is 4.24. The van der Waals surface area contributed by atoms with Gasteiger partial charge in [-0.2, -0.15) is 0 Å². The van der Waals surface area contributed by atoms with Crippen LogP contribution in [0.1, 0.15) is 29.2 Å². The number of amides is 1. The fraction of sp³-hybridized carbons (Fsp3) is 0.286. The molecule has 1 amide bonds. The number of nitrogens with zero attached hydrogens (tertiary/aromatic N) is 1. The Hall–Kier alpha value is -3.35. The van der Waals surface area contributed by atoms with Crippen LogP contribution in [0.2, 0.25) is 0 Å². The number of rotatable bonds is 3. The number of benzene rings is 2. The van der Waals surface area contributed by atoms with E-state index in [1.165, 1.54) is 0 Å². The van der Waals surface area contributed by atoms with E-state index >= 15 is 0 Å². The normalized spacial score (nSPS) is 15.7. The zero-order valence-electron chi connectivity index (χ0n) is 15.7. The van der Waals surface area contributed by atoms with Gasteiger partial charge in [0.2, 0.25) is 5.91 Å². The molecule has 3 aromatic rings. The van der Waals surface area contributed by atoms with Crippen LogP contribution in [0.5, 0.6) is 5.75 Å². The predicted octanol–water partition coefficient (Wildman–Crippen LogP) is 1.95. The molecular weight excluding hydrogens is 358 g/mol. The van der Waals surface area contributed by atoms with Crippen LogP contribution >= 0.6 is 0 Å². The molecule has 2 heterocycles. The van der Waals surface area contributed by atoms with Gasteiger partial charge in [0.05, 0.1) is 23.4 Å². The molecule has 0 saturated heterocycles. The molecule has 4 rings (SSSR count). The maximum atomic E-state index is 12.6. The zero-order chi connectivity index (χ0) is 19.8. The molecule has 28 heavy (non-hydrogen) atoms. The second kappa shape index (κ2) is 6.99. The van der Waals surface area contributed by atoms with E-state index in [0.717, 1.165) is 27.1 Å². The van der Waals surface area contributed by atoms with Crippen LogP contribution in [-0.2, 0) is 11.3 Å². The van der Waals surface area contributed by atoms with E-state index < -0.39 is 11.1 Å². The molecule has 0 fully saturated rings. The van der Waals surface area contributed by atoms with Crippen LogP contribution in [0.25, 0.3) is 10.8 Å². The number of carbonyl (C=O) groups is 1. The second-order valence-electron chi connectivity index (χ2n) is 7.14. The fourth-order valence-electron chi connectivity index (χ4n) is 3.77. The highest BCUT2D eigenvalue weighted by Gasteiger charge is 2.25. The summed E-state index contributed by atoms with van der Waals surface area (Å²) in [5.41, 5.74) is 2.27. The third-order valence-electron chi connectivity index (χ3n) is 5.00. The molecule has 7 nitrogen and oxygen atoms in total. The van der Waals surface area contributed by atoms with E-state index in [1.54, 1.807) is 24.3 Å². The Kier molecular flexibility index (Phi) is 4.50. The van der Waals surface area contributed by atoms with Crippen molar-refractivity contribution in [2.45, 2.75) is 32.9 Å². The van der Waals surface area contributed by atoms with Crippen LogP contribution in [0, 0.1) is 13.8 Å². The van der Waals surface area contributed by atoms with E-state index in [9.17, 15) is 14.4 Å². The van der Waals surface area contributed by atoms with Crippen LogP contribution in [0.4, 0.5) is 0 Å². The Morgan fingerprint density at radius 3 is 2.75 bits per heavy atom. The number of aromatic nitrogens is 2. The van der Waals surface area contributed by atoms with Crippen LogP contribution < -0.4 is 21.2 Å². The monoisotopic (exact) mass is 379 g/mol. The smallest absolute Gasteiger partial charge is 0.273 e. The van der Waals surface area contributed by atoms with Gasteiger partial charge in [-0.05, 0) is 31.5 Å². The first-order chi connectivity index (χ1) is 13.4. The fourth-order valence-corrected chi connectivity index (χ4v) is 3.77.